The molecule has 1 amide bonds. The summed E-state index contributed by atoms with van der Waals surface area (Å²) in [4.78, 5) is 14.0. The number of carbonyl (C=O) groups excluding carboxylic acids is 1. The van der Waals surface area contributed by atoms with E-state index in [1.54, 1.807) is 12.1 Å². The molecule has 1 aromatic carbocycles. The third-order valence-corrected chi connectivity index (χ3v) is 3.40. The Bertz CT molecular complexity index is 426. The summed E-state index contributed by atoms with van der Waals surface area (Å²) in [6.07, 6.45) is 2.82. The Labute approximate surface area is 113 Å². The van der Waals surface area contributed by atoms with Gasteiger partial charge in [-0.1, -0.05) is 12.1 Å². The van der Waals surface area contributed by atoms with Crippen LogP contribution in [-0.4, -0.2) is 31.4 Å². The van der Waals surface area contributed by atoms with Crippen LogP contribution in [0.15, 0.2) is 24.3 Å². The monoisotopic (exact) mass is 264 g/mol. The molecule has 1 unspecified atom stereocenters. The van der Waals surface area contributed by atoms with Crippen LogP contribution in [0.25, 0.3) is 0 Å². The van der Waals surface area contributed by atoms with Crippen LogP contribution in [-0.2, 0) is 4.79 Å². The minimum Gasteiger partial charge on any atom is -0.349 e. The second kappa shape index (κ2) is 6.15. The van der Waals surface area contributed by atoms with E-state index in [2.05, 4.69) is 10.2 Å². The standard InChI is InChI=1S/C15H21FN2O/c1-18(2)10-9-14(17-15(19)12-3-4-12)11-5-7-13(16)8-6-11/h5-8,12,14H,3-4,9-10H2,1-2H3,(H,17,19). The molecule has 0 radical (unpaired) electrons. The number of halogens is 1. The summed E-state index contributed by atoms with van der Waals surface area (Å²) in [5.74, 6) is 0.0824. The van der Waals surface area contributed by atoms with E-state index in [0.717, 1.165) is 31.4 Å². The van der Waals surface area contributed by atoms with Crippen LogP contribution in [0.5, 0.6) is 0 Å². The third kappa shape index (κ3) is 4.31. The van der Waals surface area contributed by atoms with Crippen LogP contribution in [0.1, 0.15) is 30.9 Å². The summed E-state index contributed by atoms with van der Waals surface area (Å²) in [6, 6.07) is 6.37. The van der Waals surface area contributed by atoms with Crippen LogP contribution < -0.4 is 5.32 Å². The molecule has 0 bridgehead atoms. The molecule has 0 aliphatic heterocycles. The van der Waals surface area contributed by atoms with E-state index in [9.17, 15) is 9.18 Å². The predicted octanol–water partition coefficient (Wildman–Crippen LogP) is 2.34. The molecule has 0 saturated heterocycles. The summed E-state index contributed by atoms with van der Waals surface area (Å²) in [5.41, 5.74) is 0.970. The van der Waals surface area contributed by atoms with E-state index in [1.165, 1.54) is 12.1 Å². The Hall–Kier alpha value is -1.42. The van der Waals surface area contributed by atoms with Crippen molar-refractivity contribution in [1.29, 1.82) is 0 Å². The molecule has 3 nitrogen and oxygen atoms in total. The van der Waals surface area contributed by atoms with Crippen LogP contribution in [0, 0.1) is 11.7 Å². The largest absolute Gasteiger partial charge is 0.349 e. The fourth-order valence-electron chi connectivity index (χ4n) is 2.04. The van der Waals surface area contributed by atoms with Gasteiger partial charge in [-0.05, 0) is 57.6 Å². The van der Waals surface area contributed by atoms with Gasteiger partial charge in [0.1, 0.15) is 5.82 Å². The van der Waals surface area contributed by atoms with Crippen molar-refractivity contribution in [2.24, 2.45) is 5.92 Å². The Morgan fingerprint density at radius 3 is 2.53 bits per heavy atom. The first-order chi connectivity index (χ1) is 9.06. The second-order valence-corrected chi connectivity index (χ2v) is 5.48. The number of hydrogen-bond acceptors (Lipinski definition) is 2. The lowest BCUT2D eigenvalue weighted by molar-refractivity contribution is -0.123. The summed E-state index contributed by atoms with van der Waals surface area (Å²) in [6.45, 7) is 0.882. The zero-order valence-electron chi connectivity index (χ0n) is 11.5. The molecule has 1 N–H and O–H groups in total. The molecule has 2 rings (SSSR count). The minimum absolute atomic E-state index is 0.0314. The Balaban J connectivity index is 2.03. The molecular formula is C15H21FN2O. The molecule has 1 atom stereocenters. The number of benzene rings is 1. The highest BCUT2D eigenvalue weighted by Crippen LogP contribution is 2.30. The Morgan fingerprint density at radius 2 is 2.00 bits per heavy atom. The second-order valence-electron chi connectivity index (χ2n) is 5.48. The normalized spacial score (nSPS) is 16.4. The third-order valence-electron chi connectivity index (χ3n) is 3.40. The van der Waals surface area contributed by atoms with Gasteiger partial charge in [0.2, 0.25) is 5.91 Å². The van der Waals surface area contributed by atoms with Gasteiger partial charge in [-0.2, -0.15) is 0 Å². The Kier molecular flexibility index (Phi) is 4.53. The van der Waals surface area contributed by atoms with Crippen molar-refractivity contribution >= 4 is 5.91 Å². The van der Waals surface area contributed by atoms with Crippen molar-refractivity contribution in [1.82, 2.24) is 10.2 Å². The van der Waals surface area contributed by atoms with Crippen LogP contribution in [0.4, 0.5) is 4.39 Å². The first kappa shape index (κ1) is 14.0. The van der Waals surface area contributed by atoms with Crippen molar-refractivity contribution in [2.75, 3.05) is 20.6 Å². The van der Waals surface area contributed by atoms with Gasteiger partial charge in [0.25, 0.3) is 0 Å². The number of nitrogens with zero attached hydrogens (tertiary/aromatic N) is 1. The van der Waals surface area contributed by atoms with E-state index in [4.69, 9.17) is 0 Å². The van der Waals surface area contributed by atoms with E-state index in [0.29, 0.717) is 0 Å². The van der Waals surface area contributed by atoms with E-state index in [-0.39, 0.29) is 23.7 Å². The van der Waals surface area contributed by atoms with Gasteiger partial charge in [-0.15, -0.1) is 0 Å². The number of nitrogens with one attached hydrogen (secondary N) is 1. The van der Waals surface area contributed by atoms with Crippen molar-refractivity contribution in [3.05, 3.63) is 35.6 Å². The van der Waals surface area contributed by atoms with Gasteiger partial charge in [0, 0.05) is 5.92 Å². The smallest absolute Gasteiger partial charge is 0.223 e. The lowest BCUT2D eigenvalue weighted by Crippen LogP contribution is -2.31. The fourth-order valence-corrected chi connectivity index (χ4v) is 2.04. The lowest BCUT2D eigenvalue weighted by atomic mass is 10.0. The average molecular weight is 264 g/mol. The highest BCUT2D eigenvalue weighted by atomic mass is 19.1. The summed E-state index contributed by atoms with van der Waals surface area (Å²) < 4.78 is 13.0. The molecule has 104 valence electrons. The highest BCUT2D eigenvalue weighted by molar-refractivity contribution is 5.81. The fraction of sp³-hybridized carbons (Fsp3) is 0.533. The topological polar surface area (TPSA) is 32.3 Å². The van der Waals surface area contributed by atoms with Crippen molar-refractivity contribution in [3.8, 4) is 0 Å². The quantitative estimate of drug-likeness (QED) is 0.855. The lowest BCUT2D eigenvalue weighted by Gasteiger charge is -2.21. The maximum absolute atomic E-state index is 13.0. The zero-order chi connectivity index (χ0) is 13.8. The minimum atomic E-state index is -0.247. The Morgan fingerprint density at radius 1 is 1.37 bits per heavy atom. The zero-order valence-corrected chi connectivity index (χ0v) is 11.5. The van der Waals surface area contributed by atoms with Gasteiger partial charge in [0.15, 0.2) is 0 Å². The van der Waals surface area contributed by atoms with E-state index in [1.807, 2.05) is 14.1 Å². The molecule has 1 fully saturated rings. The average Bonchev–Trinajstić information content (AvgIpc) is 3.19. The van der Waals surface area contributed by atoms with E-state index < -0.39 is 0 Å². The molecule has 1 saturated carbocycles. The molecule has 0 aromatic heterocycles. The van der Waals surface area contributed by atoms with Gasteiger partial charge in [-0.3, -0.25) is 4.79 Å². The number of hydrogen-bond donors (Lipinski definition) is 1. The molecule has 1 aliphatic rings. The molecule has 0 spiro atoms. The highest BCUT2D eigenvalue weighted by Gasteiger charge is 2.31. The van der Waals surface area contributed by atoms with Crippen LogP contribution in [0.2, 0.25) is 0 Å². The van der Waals surface area contributed by atoms with Crippen LogP contribution in [0.3, 0.4) is 0 Å². The maximum atomic E-state index is 13.0. The predicted molar refractivity (Wildman–Crippen MR) is 73.2 cm³/mol. The van der Waals surface area contributed by atoms with Gasteiger partial charge < -0.3 is 10.2 Å². The number of amides is 1. The van der Waals surface area contributed by atoms with E-state index >= 15 is 0 Å². The maximum Gasteiger partial charge on any atom is 0.223 e. The SMILES string of the molecule is CN(C)CCC(NC(=O)C1CC1)c1ccc(F)cc1. The van der Waals surface area contributed by atoms with Crippen molar-refractivity contribution in [2.45, 2.75) is 25.3 Å². The van der Waals surface area contributed by atoms with Crippen molar-refractivity contribution < 1.29 is 9.18 Å². The van der Waals surface area contributed by atoms with Gasteiger partial charge >= 0.3 is 0 Å². The first-order valence-corrected chi connectivity index (χ1v) is 6.77. The summed E-state index contributed by atoms with van der Waals surface area (Å²) in [7, 11) is 4.01. The number of carbonyl (C=O) groups is 1. The molecule has 19 heavy (non-hydrogen) atoms. The molecule has 4 heteroatoms. The summed E-state index contributed by atoms with van der Waals surface area (Å²) in [5, 5.41) is 3.08. The summed E-state index contributed by atoms with van der Waals surface area (Å²) >= 11 is 0. The van der Waals surface area contributed by atoms with Crippen LogP contribution >= 0.6 is 0 Å². The molecule has 1 aliphatic carbocycles. The van der Waals surface area contributed by atoms with Gasteiger partial charge in [0.05, 0.1) is 6.04 Å². The molecule has 0 heterocycles. The molecular weight excluding hydrogens is 243 g/mol. The number of rotatable bonds is 6. The van der Waals surface area contributed by atoms with Gasteiger partial charge in [-0.25, -0.2) is 4.39 Å². The molecule has 1 aromatic rings. The van der Waals surface area contributed by atoms with Crippen molar-refractivity contribution in [3.63, 3.8) is 0 Å². The first-order valence-electron chi connectivity index (χ1n) is 6.77.